The van der Waals surface area contributed by atoms with E-state index in [1.54, 1.807) is 18.2 Å². The molecule has 1 aliphatic carbocycles. The lowest BCUT2D eigenvalue weighted by molar-refractivity contribution is -0.121. The molecule has 3 nitrogen and oxygen atoms in total. The first-order chi connectivity index (χ1) is 10.7. The first-order valence-electron chi connectivity index (χ1n) is 7.98. The number of carbonyl (C=O) groups is 1. The van der Waals surface area contributed by atoms with E-state index in [1.807, 2.05) is 0 Å². The Kier molecular flexibility index (Phi) is 7.50. The number of rotatable bonds is 8. The van der Waals surface area contributed by atoms with Crippen molar-refractivity contribution in [3.05, 3.63) is 33.8 Å². The van der Waals surface area contributed by atoms with E-state index in [1.165, 1.54) is 25.7 Å². The molecule has 0 radical (unpaired) electrons. The number of benzene rings is 1. The maximum atomic E-state index is 11.8. The summed E-state index contributed by atoms with van der Waals surface area (Å²) in [5.41, 5.74) is 0.838. The van der Waals surface area contributed by atoms with Gasteiger partial charge in [-0.15, -0.1) is 0 Å². The lowest BCUT2D eigenvalue weighted by Crippen LogP contribution is -2.26. The maximum Gasteiger partial charge on any atom is 0.220 e. The van der Waals surface area contributed by atoms with Crippen molar-refractivity contribution in [2.75, 3.05) is 13.2 Å². The minimum atomic E-state index is 0.0249. The molecule has 1 aliphatic rings. The van der Waals surface area contributed by atoms with E-state index in [4.69, 9.17) is 27.9 Å². The smallest absolute Gasteiger partial charge is 0.220 e. The van der Waals surface area contributed by atoms with Crippen LogP contribution in [0.3, 0.4) is 0 Å². The third kappa shape index (κ3) is 5.79. The molecule has 5 heteroatoms. The van der Waals surface area contributed by atoms with Crippen LogP contribution in [0.2, 0.25) is 10.0 Å². The Hall–Kier alpha value is -0.770. The van der Waals surface area contributed by atoms with Crippen molar-refractivity contribution >= 4 is 29.1 Å². The van der Waals surface area contributed by atoms with Gasteiger partial charge in [0.2, 0.25) is 5.91 Å². The molecule has 0 aliphatic heterocycles. The number of hydrogen-bond donors (Lipinski definition) is 1. The Morgan fingerprint density at radius 2 is 1.91 bits per heavy atom. The molecule has 22 heavy (non-hydrogen) atoms. The summed E-state index contributed by atoms with van der Waals surface area (Å²) in [7, 11) is 0. The predicted octanol–water partition coefficient (Wildman–Crippen LogP) is 4.39. The van der Waals surface area contributed by atoms with Gasteiger partial charge in [0.15, 0.2) is 0 Å². The van der Waals surface area contributed by atoms with Gasteiger partial charge in [-0.3, -0.25) is 4.79 Å². The van der Waals surface area contributed by atoms with E-state index in [0.29, 0.717) is 35.5 Å². The van der Waals surface area contributed by atoms with Crippen LogP contribution in [0, 0.1) is 0 Å². The summed E-state index contributed by atoms with van der Waals surface area (Å²) in [6.45, 7) is 1.38. The third-order valence-corrected chi connectivity index (χ3v) is 4.67. The van der Waals surface area contributed by atoms with Crippen molar-refractivity contribution in [3.63, 3.8) is 0 Å². The van der Waals surface area contributed by atoms with Crippen molar-refractivity contribution in [1.29, 1.82) is 0 Å². The predicted molar refractivity (Wildman–Crippen MR) is 90.6 cm³/mol. The Bertz CT molecular complexity index is 467. The molecule has 0 spiro atoms. The van der Waals surface area contributed by atoms with Crippen LogP contribution in [0.1, 0.15) is 44.1 Å². The highest BCUT2D eigenvalue weighted by atomic mass is 35.5. The molecule has 1 N–H and O–H groups in total. The fourth-order valence-electron chi connectivity index (χ4n) is 2.70. The second-order valence-corrected chi connectivity index (χ2v) is 6.50. The van der Waals surface area contributed by atoms with Gasteiger partial charge < -0.3 is 10.1 Å². The van der Waals surface area contributed by atoms with Gasteiger partial charge in [0, 0.05) is 29.6 Å². The van der Waals surface area contributed by atoms with Crippen LogP contribution in [0.5, 0.6) is 0 Å². The van der Waals surface area contributed by atoms with Crippen LogP contribution in [-0.2, 0) is 16.0 Å². The molecule has 122 valence electrons. The summed E-state index contributed by atoms with van der Waals surface area (Å²) in [5, 5.41) is 4.14. The fraction of sp³-hybridized carbons (Fsp3) is 0.588. The Balaban J connectivity index is 1.57. The quantitative estimate of drug-likeness (QED) is 0.710. The van der Waals surface area contributed by atoms with Crippen LogP contribution in [0.4, 0.5) is 0 Å². The van der Waals surface area contributed by atoms with E-state index >= 15 is 0 Å². The molecule has 0 heterocycles. The van der Waals surface area contributed by atoms with E-state index < -0.39 is 0 Å². The molecule has 0 atom stereocenters. The first-order valence-corrected chi connectivity index (χ1v) is 8.73. The fourth-order valence-corrected chi connectivity index (χ4v) is 3.29. The summed E-state index contributed by atoms with van der Waals surface area (Å²) < 4.78 is 5.76. The van der Waals surface area contributed by atoms with E-state index in [0.717, 1.165) is 18.6 Å². The standard InChI is InChI=1S/C17H23Cl2NO2/c18-15-7-3-8-16(19)14(15)9-10-17(21)20-11-4-12-22-13-5-1-2-6-13/h3,7-8,13H,1-2,4-6,9-12H2,(H,20,21). The molecule has 1 aromatic rings. The molecule has 2 rings (SSSR count). The molecular formula is C17H23Cl2NO2. The summed E-state index contributed by atoms with van der Waals surface area (Å²) in [6.07, 6.45) is 7.19. The third-order valence-electron chi connectivity index (χ3n) is 3.96. The van der Waals surface area contributed by atoms with E-state index in [-0.39, 0.29) is 5.91 Å². The zero-order valence-corrected chi connectivity index (χ0v) is 14.3. The SMILES string of the molecule is O=C(CCc1c(Cl)cccc1Cl)NCCCOC1CCCC1. The molecule has 0 saturated heterocycles. The zero-order valence-electron chi connectivity index (χ0n) is 12.7. The van der Waals surface area contributed by atoms with Gasteiger partial charge in [0.1, 0.15) is 0 Å². The molecule has 0 unspecified atom stereocenters. The Morgan fingerprint density at radius 3 is 2.59 bits per heavy atom. The largest absolute Gasteiger partial charge is 0.378 e. The second kappa shape index (κ2) is 9.39. The highest BCUT2D eigenvalue weighted by Gasteiger charge is 2.14. The first kappa shape index (κ1) is 17.6. The molecule has 1 saturated carbocycles. The molecular weight excluding hydrogens is 321 g/mol. The lowest BCUT2D eigenvalue weighted by Gasteiger charge is -2.11. The summed E-state index contributed by atoms with van der Waals surface area (Å²) in [4.78, 5) is 11.8. The maximum absolute atomic E-state index is 11.8. The van der Waals surface area contributed by atoms with Crippen molar-refractivity contribution in [2.45, 2.75) is 51.0 Å². The monoisotopic (exact) mass is 343 g/mol. The molecule has 0 bridgehead atoms. The van der Waals surface area contributed by atoms with Crippen LogP contribution in [-0.4, -0.2) is 25.2 Å². The van der Waals surface area contributed by atoms with Gasteiger partial charge in [0.25, 0.3) is 0 Å². The van der Waals surface area contributed by atoms with Crippen molar-refractivity contribution < 1.29 is 9.53 Å². The van der Waals surface area contributed by atoms with Gasteiger partial charge in [-0.05, 0) is 43.4 Å². The van der Waals surface area contributed by atoms with Crippen molar-refractivity contribution in [1.82, 2.24) is 5.32 Å². The number of nitrogens with one attached hydrogen (secondary N) is 1. The van der Waals surface area contributed by atoms with Gasteiger partial charge in [-0.2, -0.15) is 0 Å². The topological polar surface area (TPSA) is 38.3 Å². The van der Waals surface area contributed by atoms with Gasteiger partial charge in [0.05, 0.1) is 6.10 Å². The number of halogens is 2. The van der Waals surface area contributed by atoms with Gasteiger partial charge >= 0.3 is 0 Å². The lowest BCUT2D eigenvalue weighted by atomic mass is 10.1. The van der Waals surface area contributed by atoms with Gasteiger partial charge in [-0.1, -0.05) is 42.1 Å². The normalized spacial score (nSPS) is 15.2. The highest BCUT2D eigenvalue weighted by molar-refractivity contribution is 6.36. The van der Waals surface area contributed by atoms with Crippen LogP contribution in [0.15, 0.2) is 18.2 Å². The van der Waals surface area contributed by atoms with Crippen LogP contribution < -0.4 is 5.32 Å². The minimum absolute atomic E-state index is 0.0249. The van der Waals surface area contributed by atoms with Crippen LogP contribution in [0.25, 0.3) is 0 Å². The van der Waals surface area contributed by atoms with Crippen molar-refractivity contribution in [3.8, 4) is 0 Å². The van der Waals surface area contributed by atoms with Crippen LogP contribution >= 0.6 is 23.2 Å². The number of carbonyl (C=O) groups excluding carboxylic acids is 1. The van der Waals surface area contributed by atoms with E-state index in [2.05, 4.69) is 5.32 Å². The number of ether oxygens (including phenoxy) is 1. The minimum Gasteiger partial charge on any atom is -0.378 e. The van der Waals surface area contributed by atoms with Crippen molar-refractivity contribution in [2.24, 2.45) is 0 Å². The molecule has 0 aromatic heterocycles. The Labute approximate surface area is 142 Å². The average molecular weight is 344 g/mol. The second-order valence-electron chi connectivity index (χ2n) is 5.68. The number of amides is 1. The Morgan fingerprint density at radius 1 is 1.23 bits per heavy atom. The summed E-state index contributed by atoms with van der Waals surface area (Å²) >= 11 is 12.2. The average Bonchev–Trinajstić information content (AvgIpc) is 2.99. The molecule has 1 aromatic carbocycles. The highest BCUT2D eigenvalue weighted by Crippen LogP contribution is 2.25. The number of hydrogen-bond acceptors (Lipinski definition) is 2. The summed E-state index contributed by atoms with van der Waals surface area (Å²) in [6, 6.07) is 5.39. The van der Waals surface area contributed by atoms with E-state index in [9.17, 15) is 4.79 Å². The molecule has 1 fully saturated rings. The van der Waals surface area contributed by atoms with Gasteiger partial charge in [-0.25, -0.2) is 0 Å². The molecule has 1 amide bonds. The zero-order chi connectivity index (χ0) is 15.8. The summed E-state index contributed by atoms with van der Waals surface area (Å²) in [5.74, 6) is 0.0249.